The van der Waals surface area contributed by atoms with E-state index in [1.807, 2.05) is 11.8 Å². The highest BCUT2D eigenvalue weighted by Gasteiger charge is 2.27. The minimum Gasteiger partial charge on any atom is -0.356 e. The van der Waals surface area contributed by atoms with E-state index in [2.05, 4.69) is 12.2 Å². The minimum absolute atomic E-state index is 0.140. The number of carbonyl (C=O) groups excluding carboxylic acids is 2. The summed E-state index contributed by atoms with van der Waals surface area (Å²) in [6.07, 6.45) is 4.19. The zero-order valence-corrected chi connectivity index (χ0v) is 9.53. The second kappa shape index (κ2) is 5.73. The van der Waals surface area contributed by atoms with Crippen LogP contribution in [-0.4, -0.2) is 35.8 Å². The van der Waals surface area contributed by atoms with Crippen molar-refractivity contribution in [3.8, 4) is 0 Å². The molecule has 0 radical (unpaired) electrons. The van der Waals surface area contributed by atoms with Crippen molar-refractivity contribution in [1.29, 1.82) is 0 Å². The van der Waals surface area contributed by atoms with E-state index < -0.39 is 0 Å². The van der Waals surface area contributed by atoms with E-state index >= 15 is 0 Å². The van der Waals surface area contributed by atoms with Gasteiger partial charge in [0.25, 0.3) is 0 Å². The maximum Gasteiger partial charge on any atom is 0.222 e. The number of nitrogens with one attached hydrogen (secondary N) is 1. The van der Waals surface area contributed by atoms with Crippen LogP contribution < -0.4 is 5.32 Å². The number of hydrogen-bond donors (Lipinski definition) is 1. The fourth-order valence-electron chi connectivity index (χ4n) is 2.16. The molecule has 0 aromatic rings. The molecular formula is C11H20N2O2. The Morgan fingerprint density at radius 1 is 1.60 bits per heavy atom. The molecule has 4 nitrogen and oxygen atoms in total. The van der Waals surface area contributed by atoms with Crippen LogP contribution in [0.1, 0.15) is 39.5 Å². The molecule has 1 fully saturated rings. The predicted molar refractivity (Wildman–Crippen MR) is 58.3 cm³/mol. The summed E-state index contributed by atoms with van der Waals surface area (Å²) in [7, 11) is 0. The SMILES string of the molecule is CCC(CC(C)NC=O)N1CCCC1=O. The number of likely N-dealkylation sites (tertiary alicyclic amines) is 1. The molecule has 4 heteroatoms. The molecule has 0 aromatic carbocycles. The summed E-state index contributed by atoms with van der Waals surface area (Å²) in [5, 5.41) is 2.73. The molecule has 15 heavy (non-hydrogen) atoms. The molecule has 0 spiro atoms. The fraction of sp³-hybridized carbons (Fsp3) is 0.818. The van der Waals surface area contributed by atoms with E-state index in [0.29, 0.717) is 6.42 Å². The Balaban J connectivity index is 2.47. The summed E-state index contributed by atoms with van der Waals surface area (Å²) in [6, 6.07) is 0.420. The standard InChI is InChI=1S/C11H20N2O2/c1-3-10(7-9(2)12-8-14)13-6-4-5-11(13)15/h8-10H,3-7H2,1-2H3,(H,12,14). The number of hydrogen-bond acceptors (Lipinski definition) is 2. The second-order valence-corrected chi connectivity index (χ2v) is 4.17. The molecule has 1 saturated heterocycles. The van der Waals surface area contributed by atoms with Gasteiger partial charge in [-0.1, -0.05) is 6.92 Å². The van der Waals surface area contributed by atoms with Crippen LogP contribution in [0.2, 0.25) is 0 Å². The topological polar surface area (TPSA) is 49.4 Å². The van der Waals surface area contributed by atoms with Gasteiger partial charge < -0.3 is 10.2 Å². The van der Waals surface area contributed by atoms with Gasteiger partial charge in [0.15, 0.2) is 0 Å². The van der Waals surface area contributed by atoms with Gasteiger partial charge in [0.05, 0.1) is 0 Å². The first-order valence-electron chi connectivity index (χ1n) is 5.68. The van der Waals surface area contributed by atoms with Gasteiger partial charge in [-0.3, -0.25) is 9.59 Å². The van der Waals surface area contributed by atoms with Crippen molar-refractivity contribution >= 4 is 12.3 Å². The van der Waals surface area contributed by atoms with Crippen LogP contribution in [0.25, 0.3) is 0 Å². The van der Waals surface area contributed by atoms with Crippen LogP contribution in [0.4, 0.5) is 0 Å². The lowest BCUT2D eigenvalue weighted by atomic mass is 10.0. The monoisotopic (exact) mass is 212 g/mol. The van der Waals surface area contributed by atoms with E-state index in [1.165, 1.54) is 0 Å². The van der Waals surface area contributed by atoms with Gasteiger partial charge in [-0.2, -0.15) is 0 Å². The van der Waals surface area contributed by atoms with Gasteiger partial charge in [-0.05, 0) is 26.2 Å². The average molecular weight is 212 g/mol. The Morgan fingerprint density at radius 2 is 2.33 bits per heavy atom. The largest absolute Gasteiger partial charge is 0.356 e. The van der Waals surface area contributed by atoms with Crippen molar-refractivity contribution in [2.75, 3.05) is 6.54 Å². The summed E-state index contributed by atoms with van der Waals surface area (Å²) in [6.45, 7) is 4.94. The molecule has 0 aliphatic carbocycles. The lowest BCUT2D eigenvalue weighted by Crippen LogP contribution is -2.40. The molecule has 1 aliphatic rings. The number of carbonyl (C=O) groups is 2. The molecule has 2 unspecified atom stereocenters. The van der Waals surface area contributed by atoms with E-state index in [0.717, 1.165) is 32.2 Å². The lowest BCUT2D eigenvalue weighted by molar-refractivity contribution is -0.129. The van der Waals surface area contributed by atoms with Gasteiger partial charge in [0, 0.05) is 25.0 Å². The summed E-state index contributed by atoms with van der Waals surface area (Å²) >= 11 is 0. The van der Waals surface area contributed by atoms with E-state index in [1.54, 1.807) is 0 Å². The Bertz CT molecular complexity index is 231. The van der Waals surface area contributed by atoms with Crippen LogP contribution in [0.3, 0.4) is 0 Å². The van der Waals surface area contributed by atoms with Crippen molar-refractivity contribution in [3.63, 3.8) is 0 Å². The predicted octanol–water partition coefficient (Wildman–Crippen LogP) is 0.912. The first-order valence-corrected chi connectivity index (χ1v) is 5.68. The second-order valence-electron chi connectivity index (χ2n) is 4.17. The number of nitrogens with zero attached hydrogens (tertiary/aromatic N) is 1. The smallest absolute Gasteiger partial charge is 0.222 e. The molecule has 0 aromatic heterocycles. The first-order chi connectivity index (χ1) is 7.19. The highest BCUT2D eigenvalue weighted by atomic mass is 16.2. The highest BCUT2D eigenvalue weighted by molar-refractivity contribution is 5.78. The molecule has 2 atom stereocenters. The van der Waals surface area contributed by atoms with Crippen molar-refractivity contribution in [2.45, 2.75) is 51.6 Å². The number of rotatable bonds is 6. The molecule has 2 amide bonds. The number of amides is 2. The lowest BCUT2D eigenvalue weighted by Gasteiger charge is -2.28. The average Bonchev–Trinajstić information content (AvgIpc) is 2.61. The van der Waals surface area contributed by atoms with Crippen molar-refractivity contribution in [3.05, 3.63) is 0 Å². The third kappa shape index (κ3) is 3.22. The quantitative estimate of drug-likeness (QED) is 0.665. The molecule has 1 N–H and O–H groups in total. The maximum absolute atomic E-state index is 11.5. The van der Waals surface area contributed by atoms with E-state index in [9.17, 15) is 9.59 Å². The normalized spacial score (nSPS) is 20.1. The van der Waals surface area contributed by atoms with Crippen LogP contribution >= 0.6 is 0 Å². The van der Waals surface area contributed by atoms with Gasteiger partial charge in [-0.25, -0.2) is 0 Å². The highest BCUT2D eigenvalue weighted by Crippen LogP contribution is 2.19. The maximum atomic E-state index is 11.5. The summed E-state index contributed by atoms with van der Waals surface area (Å²) < 4.78 is 0. The molecular weight excluding hydrogens is 192 g/mol. The zero-order chi connectivity index (χ0) is 11.3. The van der Waals surface area contributed by atoms with Crippen LogP contribution in [-0.2, 0) is 9.59 Å². The van der Waals surface area contributed by atoms with Crippen LogP contribution in [0.5, 0.6) is 0 Å². The summed E-state index contributed by atoms with van der Waals surface area (Å²) in [4.78, 5) is 23.8. The van der Waals surface area contributed by atoms with Gasteiger partial charge in [0.2, 0.25) is 12.3 Å². The Labute approximate surface area is 91.0 Å². The summed E-state index contributed by atoms with van der Waals surface area (Å²) in [5.41, 5.74) is 0. The molecule has 1 aliphatic heterocycles. The Kier molecular flexibility index (Phi) is 4.59. The molecule has 1 rings (SSSR count). The van der Waals surface area contributed by atoms with Crippen LogP contribution in [0.15, 0.2) is 0 Å². The fourth-order valence-corrected chi connectivity index (χ4v) is 2.16. The first kappa shape index (κ1) is 12.0. The zero-order valence-electron chi connectivity index (χ0n) is 9.53. The van der Waals surface area contributed by atoms with Gasteiger partial charge in [-0.15, -0.1) is 0 Å². The van der Waals surface area contributed by atoms with Gasteiger partial charge >= 0.3 is 0 Å². The van der Waals surface area contributed by atoms with Crippen molar-refractivity contribution in [1.82, 2.24) is 10.2 Å². The molecule has 1 heterocycles. The third-order valence-electron chi connectivity index (χ3n) is 3.00. The summed E-state index contributed by atoms with van der Waals surface area (Å²) in [5.74, 6) is 0.264. The van der Waals surface area contributed by atoms with Crippen LogP contribution in [0, 0.1) is 0 Å². The Morgan fingerprint density at radius 3 is 2.80 bits per heavy atom. The third-order valence-corrected chi connectivity index (χ3v) is 3.00. The minimum atomic E-state index is 0.140. The molecule has 0 bridgehead atoms. The Hall–Kier alpha value is -1.06. The van der Waals surface area contributed by atoms with Gasteiger partial charge in [0.1, 0.15) is 0 Å². The van der Waals surface area contributed by atoms with Crippen molar-refractivity contribution < 1.29 is 9.59 Å². The molecule has 0 saturated carbocycles. The van der Waals surface area contributed by atoms with Crippen molar-refractivity contribution in [2.24, 2.45) is 0 Å². The van der Waals surface area contributed by atoms with E-state index in [-0.39, 0.29) is 18.0 Å². The van der Waals surface area contributed by atoms with E-state index in [4.69, 9.17) is 0 Å². The molecule has 86 valence electrons.